The summed E-state index contributed by atoms with van der Waals surface area (Å²) in [5, 5.41) is 25.3. The third-order valence-electron chi connectivity index (χ3n) is 11.5. The molecule has 15 rings (SSSR count). The monoisotopic (exact) mass is 946 g/mol. The zero-order valence-corrected chi connectivity index (χ0v) is 40.3. The molecule has 3 heterocycles. The van der Waals surface area contributed by atoms with Crippen molar-refractivity contribution in [2.24, 2.45) is 4.99 Å². The molecular formula is C65H54N8. The Morgan fingerprint density at radius 3 is 1.15 bits per heavy atom. The van der Waals surface area contributed by atoms with Crippen LogP contribution in [0.15, 0.2) is 291 Å². The third-order valence-corrected chi connectivity index (χ3v) is 11.5. The number of rotatable bonds is 0. The summed E-state index contributed by atoms with van der Waals surface area (Å²) in [5.74, 6) is 0. The molecule has 8 nitrogen and oxygen atoms in total. The molecule has 0 bridgehead atoms. The molecule has 73 heavy (non-hydrogen) atoms. The van der Waals surface area contributed by atoms with E-state index in [-0.39, 0.29) is 0 Å². The van der Waals surface area contributed by atoms with Crippen molar-refractivity contribution in [3.8, 4) is 0 Å². The van der Waals surface area contributed by atoms with Gasteiger partial charge in [-0.1, -0.05) is 254 Å². The van der Waals surface area contributed by atoms with Gasteiger partial charge in [0.15, 0.2) is 6.33 Å². The minimum atomic E-state index is 1.01. The van der Waals surface area contributed by atoms with Gasteiger partial charge in [0.1, 0.15) is 19.0 Å². The Labute approximate surface area is 426 Å². The first-order chi connectivity index (χ1) is 36.3. The normalized spacial score (nSPS) is 10.8. The highest BCUT2D eigenvalue weighted by molar-refractivity contribution is 6.07. The summed E-state index contributed by atoms with van der Waals surface area (Å²) in [7, 11) is 0. The Balaban J connectivity index is 0.000000114. The third kappa shape index (κ3) is 15.6. The Morgan fingerprint density at radius 2 is 0.740 bits per heavy atom. The van der Waals surface area contributed by atoms with Crippen molar-refractivity contribution in [3.63, 3.8) is 0 Å². The molecule has 354 valence electrons. The highest BCUT2D eigenvalue weighted by Crippen LogP contribution is 2.25. The lowest BCUT2D eigenvalue weighted by Crippen LogP contribution is -1.76. The fraction of sp³-hybridized carbons (Fsp3) is 0.0308. The van der Waals surface area contributed by atoms with Gasteiger partial charge in [0.2, 0.25) is 0 Å². The number of nitrogens with zero attached hydrogens (tertiary/aromatic N) is 7. The SMILES string of the molecule is C1=Cc2ccccc2C1.C1=Nc2ccccc2C1.c1ccc2c(c1)ccc1ccccc12.c1ccc2cc3ccccc3cc2c1.c1ccc2ccccc2c1.c1ccccc1.c1ncncn1.c1nn[nH]n1. The molecule has 2 aliphatic rings. The summed E-state index contributed by atoms with van der Waals surface area (Å²) >= 11 is 0. The van der Waals surface area contributed by atoms with E-state index in [1.54, 1.807) is 0 Å². The van der Waals surface area contributed by atoms with Gasteiger partial charge in [-0.15, -0.1) is 10.2 Å². The Bertz CT molecular complexity index is 3310. The van der Waals surface area contributed by atoms with Crippen LogP contribution in [0.2, 0.25) is 0 Å². The number of tetrazole rings is 1. The van der Waals surface area contributed by atoms with E-state index in [4.69, 9.17) is 0 Å². The fourth-order valence-electron chi connectivity index (χ4n) is 7.94. The number of allylic oxidation sites excluding steroid dienone is 1. The van der Waals surface area contributed by atoms with Gasteiger partial charge in [-0.3, -0.25) is 4.99 Å². The molecule has 13 aromatic rings. The van der Waals surface area contributed by atoms with Gasteiger partial charge in [0.05, 0.1) is 5.69 Å². The number of benzene rings is 11. The quantitative estimate of drug-likeness (QED) is 0.120. The molecule has 11 aromatic carbocycles. The highest BCUT2D eigenvalue weighted by atomic mass is 15.5. The molecule has 1 aliphatic carbocycles. The Hall–Kier alpha value is -9.79. The minimum absolute atomic E-state index is 1.01. The second kappa shape index (κ2) is 28.0. The van der Waals surface area contributed by atoms with E-state index >= 15 is 0 Å². The molecule has 0 saturated heterocycles. The smallest absolute Gasteiger partial charge is 0.161 e. The van der Waals surface area contributed by atoms with Crippen LogP contribution in [0, 0.1) is 0 Å². The molecule has 0 spiro atoms. The topological polar surface area (TPSA) is 105 Å². The first-order valence-corrected chi connectivity index (χ1v) is 24.0. The van der Waals surface area contributed by atoms with Gasteiger partial charge >= 0.3 is 0 Å². The van der Waals surface area contributed by atoms with E-state index in [9.17, 15) is 0 Å². The van der Waals surface area contributed by atoms with Crippen molar-refractivity contribution >= 4 is 71.8 Å². The summed E-state index contributed by atoms with van der Waals surface area (Å²) in [5.41, 5.74) is 5.32. The van der Waals surface area contributed by atoms with Crippen LogP contribution in [0.25, 0.3) is 59.9 Å². The Kier molecular flexibility index (Phi) is 19.0. The van der Waals surface area contributed by atoms with Crippen LogP contribution < -0.4 is 0 Å². The minimum Gasteiger partial charge on any atom is -0.261 e. The summed E-state index contributed by atoms with van der Waals surface area (Å²) < 4.78 is 0. The van der Waals surface area contributed by atoms with Crippen molar-refractivity contribution in [2.45, 2.75) is 12.8 Å². The number of fused-ring (bicyclic) bond motifs is 8. The standard InChI is InChI=1S/2C14H10.C10H8.C9H8.C8H7N.C6H6.C3H3N3.CH2N4/c1-3-7-13-11(5-1)9-10-12-6-2-4-8-14(12)13;1-2-6-12-10-14-8-4-3-7-13(14)9-11(12)5-1;1-2-6-10-8-4-3-7-9(10)5-1;1-2-5-9-7-3-6-8(9)4-1;1-2-4-8-7(3-1)5-6-9-8;1-2-4-6-5-3-1;1-4-2-6-3-5-1;1-2-4-5-3-1/h2*1-10H;1-8H;1-6H,7H2;1-4,6H,5H2;1-6H;1-3H;1H,(H,2,3,4,5). The van der Waals surface area contributed by atoms with Crippen LogP contribution in [-0.4, -0.2) is 41.8 Å². The van der Waals surface area contributed by atoms with Gasteiger partial charge in [-0.25, -0.2) is 15.0 Å². The number of nitrogens with one attached hydrogen (secondary N) is 1. The van der Waals surface area contributed by atoms with Crippen LogP contribution in [0.3, 0.4) is 0 Å². The maximum Gasteiger partial charge on any atom is 0.161 e. The van der Waals surface area contributed by atoms with Crippen LogP contribution >= 0.6 is 0 Å². The number of para-hydroxylation sites is 1. The van der Waals surface area contributed by atoms with Crippen molar-refractivity contribution in [3.05, 3.63) is 303 Å². The second-order valence-electron chi connectivity index (χ2n) is 16.4. The molecule has 2 aromatic heterocycles. The van der Waals surface area contributed by atoms with Gasteiger partial charge in [-0.05, 0) is 95.2 Å². The van der Waals surface area contributed by atoms with Crippen molar-refractivity contribution in [1.29, 1.82) is 0 Å². The summed E-state index contributed by atoms with van der Waals surface area (Å²) in [4.78, 5) is 14.9. The first-order valence-electron chi connectivity index (χ1n) is 24.0. The summed E-state index contributed by atoms with van der Waals surface area (Å²) in [6.45, 7) is 0. The lowest BCUT2D eigenvalue weighted by Gasteiger charge is -2.02. The maximum absolute atomic E-state index is 4.17. The molecule has 0 saturated carbocycles. The van der Waals surface area contributed by atoms with E-state index in [0.29, 0.717) is 0 Å². The average Bonchev–Trinajstić information content (AvgIpc) is 4.33. The van der Waals surface area contributed by atoms with Gasteiger partial charge in [0, 0.05) is 12.6 Å². The summed E-state index contributed by atoms with van der Waals surface area (Å²) in [6.07, 6.45) is 14.1. The van der Waals surface area contributed by atoms with Crippen LogP contribution in [0.5, 0.6) is 0 Å². The largest absolute Gasteiger partial charge is 0.261 e. The zero-order valence-electron chi connectivity index (χ0n) is 40.3. The van der Waals surface area contributed by atoms with Crippen molar-refractivity contribution in [2.75, 3.05) is 0 Å². The predicted molar refractivity (Wildman–Crippen MR) is 305 cm³/mol. The number of aromatic nitrogens is 7. The van der Waals surface area contributed by atoms with E-state index in [1.165, 1.54) is 95.9 Å². The van der Waals surface area contributed by atoms with Crippen LogP contribution in [-0.2, 0) is 12.8 Å². The van der Waals surface area contributed by atoms with Gasteiger partial charge in [-0.2, -0.15) is 5.21 Å². The molecule has 0 amide bonds. The second-order valence-corrected chi connectivity index (χ2v) is 16.4. The van der Waals surface area contributed by atoms with Gasteiger partial charge < -0.3 is 0 Å². The number of hydrogen-bond donors (Lipinski definition) is 1. The molecule has 1 N–H and O–H groups in total. The average molecular weight is 947 g/mol. The lowest BCUT2D eigenvalue weighted by atomic mass is 10.0. The van der Waals surface area contributed by atoms with E-state index in [2.05, 4.69) is 253 Å². The van der Waals surface area contributed by atoms with Crippen LogP contribution in [0.1, 0.15) is 16.7 Å². The van der Waals surface area contributed by atoms with Gasteiger partial charge in [0.25, 0.3) is 0 Å². The number of H-pyrrole nitrogens is 1. The molecule has 0 radical (unpaired) electrons. The highest BCUT2D eigenvalue weighted by Gasteiger charge is 2.03. The fourth-order valence-corrected chi connectivity index (χ4v) is 7.94. The van der Waals surface area contributed by atoms with Crippen molar-refractivity contribution < 1.29 is 0 Å². The van der Waals surface area contributed by atoms with E-state index < -0.39 is 0 Å². The summed E-state index contributed by atoms with van der Waals surface area (Å²) in [6, 6.07) is 88.2. The Morgan fingerprint density at radius 1 is 0.329 bits per heavy atom. The number of aromatic amines is 1. The number of aliphatic imine (C=N–C) groups is 1. The zero-order chi connectivity index (χ0) is 49.8. The molecule has 8 heteroatoms. The molecular weight excluding hydrogens is 893 g/mol. The molecule has 1 aliphatic heterocycles. The molecule has 0 fully saturated rings. The number of hydrogen-bond acceptors (Lipinski definition) is 7. The lowest BCUT2D eigenvalue weighted by molar-refractivity contribution is 0.881. The molecule has 0 atom stereocenters. The first kappa shape index (κ1) is 49.6. The van der Waals surface area contributed by atoms with Crippen molar-refractivity contribution in [1.82, 2.24) is 35.6 Å². The van der Waals surface area contributed by atoms with Crippen LogP contribution in [0.4, 0.5) is 5.69 Å². The van der Waals surface area contributed by atoms with E-state index in [0.717, 1.165) is 18.5 Å². The predicted octanol–water partition coefficient (Wildman–Crippen LogP) is 15.8. The maximum atomic E-state index is 4.17. The van der Waals surface area contributed by atoms with E-state index in [1.807, 2.05) is 60.8 Å². The molecule has 0 unspecified atom stereocenters.